The van der Waals surface area contributed by atoms with Crippen molar-refractivity contribution in [3.05, 3.63) is 22.6 Å². The Morgan fingerprint density at radius 2 is 2.06 bits per heavy atom. The van der Waals surface area contributed by atoms with Gasteiger partial charge in [0.15, 0.2) is 0 Å². The maximum absolute atomic E-state index is 5.85. The Kier molecular flexibility index (Phi) is 5.02. The molecule has 2 N–H and O–H groups in total. The summed E-state index contributed by atoms with van der Waals surface area (Å²) in [6.07, 6.45) is 1.69. The quantitative estimate of drug-likeness (QED) is 0.906. The second-order valence-electron chi connectivity index (χ2n) is 4.53. The van der Waals surface area contributed by atoms with E-state index in [4.69, 9.17) is 10.2 Å². The first-order chi connectivity index (χ1) is 7.49. The maximum atomic E-state index is 5.85. The fraction of sp³-hybridized carbons (Fsp3) is 0.667. The first-order valence-corrected chi connectivity index (χ1v) is 6.43. The lowest BCUT2D eigenvalue weighted by Crippen LogP contribution is -2.39. The van der Waals surface area contributed by atoms with Crippen LogP contribution in [0.25, 0.3) is 0 Å². The Bertz CT molecular complexity index is 325. The minimum atomic E-state index is 0.127. The predicted molar refractivity (Wildman–Crippen MR) is 70.3 cm³/mol. The van der Waals surface area contributed by atoms with E-state index < -0.39 is 0 Å². The summed E-state index contributed by atoms with van der Waals surface area (Å²) in [5.41, 5.74) is 5.85. The zero-order chi connectivity index (χ0) is 12.3. The average molecular weight is 289 g/mol. The fourth-order valence-corrected chi connectivity index (χ4v) is 2.22. The zero-order valence-corrected chi connectivity index (χ0v) is 12.0. The molecule has 1 aromatic rings. The minimum absolute atomic E-state index is 0.127. The molecular weight excluding hydrogens is 268 g/mol. The maximum Gasteiger partial charge on any atom is 0.136 e. The van der Waals surface area contributed by atoms with Crippen LogP contribution in [0, 0.1) is 5.92 Å². The van der Waals surface area contributed by atoms with Gasteiger partial charge in [-0.2, -0.15) is 0 Å². The van der Waals surface area contributed by atoms with Crippen molar-refractivity contribution in [3.8, 4) is 0 Å². The van der Waals surface area contributed by atoms with Crippen molar-refractivity contribution in [2.24, 2.45) is 11.7 Å². The molecule has 3 nitrogen and oxygen atoms in total. The van der Waals surface area contributed by atoms with Gasteiger partial charge in [0.1, 0.15) is 5.76 Å². The number of rotatable bonds is 5. The molecule has 16 heavy (non-hydrogen) atoms. The summed E-state index contributed by atoms with van der Waals surface area (Å²) in [5.74, 6) is 1.50. The van der Waals surface area contributed by atoms with E-state index in [9.17, 15) is 0 Å². The number of furan rings is 1. The van der Waals surface area contributed by atoms with Gasteiger partial charge in [-0.15, -0.1) is 0 Å². The van der Waals surface area contributed by atoms with E-state index in [1.807, 2.05) is 6.07 Å². The zero-order valence-electron chi connectivity index (χ0n) is 10.4. The molecule has 1 aromatic heterocycles. The van der Waals surface area contributed by atoms with Gasteiger partial charge in [-0.1, -0.05) is 13.8 Å². The molecule has 0 bridgehead atoms. The fourth-order valence-electron chi connectivity index (χ4n) is 1.76. The molecule has 0 radical (unpaired) electrons. The first kappa shape index (κ1) is 13.7. The average Bonchev–Trinajstić information content (AvgIpc) is 2.65. The highest BCUT2D eigenvalue weighted by atomic mass is 79.9. The van der Waals surface area contributed by atoms with Crippen molar-refractivity contribution < 1.29 is 4.42 Å². The van der Waals surface area contributed by atoms with Gasteiger partial charge in [-0.25, -0.2) is 0 Å². The molecule has 0 saturated heterocycles. The third kappa shape index (κ3) is 2.87. The number of halogens is 1. The lowest BCUT2D eigenvalue weighted by molar-refractivity contribution is 0.135. The molecule has 4 heteroatoms. The van der Waals surface area contributed by atoms with Crippen LogP contribution < -0.4 is 5.73 Å². The van der Waals surface area contributed by atoms with E-state index in [-0.39, 0.29) is 6.04 Å². The highest BCUT2D eigenvalue weighted by molar-refractivity contribution is 9.10. The Hall–Kier alpha value is -0.320. The predicted octanol–water partition coefficient (Wildman–Crippen LogP) is 3.02. The molecule has 0 saturated carbocycles. The molecule has 0 aromatic carbocycles. The largest absolute Gasteiger partial charge is 0.466 e. The SMILES string of the molecule is CC(C)C(C)N(C)C(CN)c1occc1Br. The molecule has 92 valence electrons. The van der Waals surface area contributed by atoms with Gasteiger partial charge in [-0.3, -0.25) is 4.90 Å². The summed E-state index contributed by atoms with van der Waals surface area (Å²) in [6.45, 7) is 7.20. The van der Waals surface area contributed by atoms with E-state index in [0.717, 1.165) is 10.2 Å². The van der Waals surface area contributed by atoms with Gasteiger partial charge in [0.2, 0.25) is 0 Å². The Balaban J connectivity index is 2.87. The smallest absolute Gasteiger partial charge is 0.136 e. The van der Waals surface area contributed by atoms with E-state index in [1.54, 1.807) is 6.26 Å². The summed E-state index contributed by atoms with van der Waals surface area (Å²) in [5, 5.41) is 0. The van der Waals surface area contributed by atoms with Crippen LogP contribution in [0.3, 0.4) is 0 Å². The van der Waals surface area contributed by atoms with Crippen LogP contribution in [0.1, 0.15) is 32.6 Å². The van der Waals surface area contributed by atoms with Gasteiger partial charge in [0.25, 0.3) is 0 Å². The summed E-state index contributed by atoms with van der Waals surface area (Å²) >= 11 is 3.49. The molecule has 1 rings (SSSR count). The van der Waals surface area contributed by atoms with E-state index in [0.29, 0.717) is 18.5 Å². The van der Waals surface area contributed by atoms with Gasteiger partial charge in [0, 0.05) is 12.6 Å². The van der Waals surface area contributed by atoms with Crippen LogP contribution in [0.5, 0.6) is 0 Å². The number of nitrogens with zero attached hydrogens (tertiary/aromatic N) is 1. The molecule has 0 aliphatic heterocycles. The molecule has 0 aliphatic rings. The van der Waals surface area contributed by atoms with Crippen LogP contribution in [0.2, 0.25) is 0 Å². The third-order valence-electron chi connectivity index (χ3n) is 3.27. The number of hydrogen-bond acceptors (Lipinski definition) is 3. The monoisotopic (exact) mass is 288 g/mol. The molecule has 0 spiro atoms. The third-order valence-corrected chi connectivity index (χ3v) is 3.92. The first-order valence-electron chi connectivity index (χ1n) is 5.63. The molecule has 1 heterocycles. The van der Waals surface area contributed by atoms with Crippen LogP contribution in [-0.4, -0.2) is 24.5 Å². The number of likely N-dealkylation sites (N-methyl/N-ethyl adjacent to an activating group) is 1. The summed E-state index contributed by atoms with van der Waals surface area (Å²) in [4.78, 5) is 2.27. The van der Waals surface area contributed by atoms with Gasteiger partial charge in [-0.05, 0) is 41.9 Å². The number of nitrogens with two attached hydrogens (primary N) is 1. The van der Waals surface area contributed by atoms with Crippen molar-refractivity contribution in [2.75, 3.05) is 13.6 Å². The molecule has 0 amide bonds. The lowest BCUT2D eigenvalue weighted by atomic mass is 10.0. The summed E-state index contributed by atoms with van der Waals surface area (Å²) in [6, 6.07) is 2.50. The summed E-state index contributed by atoms with van der Waals surface area (Å²) in [7, 11) is 2.09. The van der Waals surface area contributed by atoms with Gasteiger partial charge < -0.3 is 10.2 Å². The van der Waals surface area contributed by atoms with Crippen molar-refractivity contribution in [2.45, 2.75) is 32.9 Å². The molecule has 2 atom stereocenters. The Labute approximate surface area is 106 Å². The van der Waals surface area contributed by atoms with Crippen LogP contribution in [-0.2, 0) is 0 Å². The molecule has 0 aliphatic carbocycles. The van der Waals surface area contributed by atoms with Crippen molar-refractivity contribution >= 4 is 15.9 Å². The highest BCUT2D eigenvalue weighted by Crippen LogP contribution is 2.29. The van der Waals surface area contributed by atoms with Crippen molar-refractivity contribution in [1.82, 2.24) is 4.90 Å². The van der Waals surface area contributed by atoms with Crippen molar-refractivity contribution in [1.29, 1.82) is 0 Å². The van der Waals surface area contributed by atoms with Gasteiger partial charge in [0.05, 0.1) is 16.8 Å². The Morgan fingerprint density at radius 1 is 1.44 bits per heavy atom. The topological polar surface area (TPSA) is 42.4 Å². The van der Waals surface area contributed by atoms with Gasteiger partial charge >= 0.3 is 0 Å². The normalized spacial score (nSPS) is 15.8. The standard InChI is InChI=1S/C12H21BrN2O/c1-8(2)9(3)15(4)11(7-14)12-10(13)5-6-16-12/h5-6,8-9,11H,7,14H2,1-4H3. The van der Waals surface area contributed by atoms with E-state index >= 15 is 0 Å². The van der Waals surface area contributed by atoms with Crippen LogP contribution >= 0.6 is 15.9 Å². The minimum Gasteiger partial charge on any atom is -0.466 e. The van der Waals surface area contributed by atoms with E-state index in [2.05, 4.69) is 48.6 Å². The van der Waals surface area contributed by atoms with Crippen LogP contribution in [0.4, 0.5) is 0 Å². The Morgan fingerprint density at radius 3 is 2.44 bits per heavy atom. The van der Waals surface area contributed by atoms with E-state index in [1.165, 1.54) is 0 Å². The second kappa shape index (κ2) is 5.84. The molecular formula is C12H21BrN2O. The molecule has 2 unspecified atom stereocenters. The highest BCUT2D eigenvalue weighted by Gasteiger charge is 2.25. The second-order valence-corrected chi connectivity index (χ2v) is 5.39. The molecule has 0 fully saturated rings. The lowest BCUT2D eigenvalue weighted by Gasteiger charge is -2.33. The van der Waals surface area contributed by atoms with Crippen LogP contribution in [0.15, 0.2) is 21.2 Å². The summed E-state index contributed by atoms with van der Waals surface area (Å²) < 4.78 is 6.49. The van der Waals surface area contributed by atoms with Crippen molar-refractivity contribution in [3.63, 3.8) is 0 Å². The number of hydrogen-bond donors (Lipinski definition) is 1.